The van der Waals surface area contributed by atoms with Crippen LogP contribution in [0.4, 0.5) is 0 Å². The molecule has 0 radical (unpaired) electrons. The Morgan fingerprint density at radius 1 is 1.39 bits per heavy atom. The maximum atomic E-state index is 11.6. The monoisotopic (exact) mass is 253 g/mol. The molecule has 1 aliphatic rings. The van der Waals surface area contributed by atoms with E-state index in [0.29, 0.717) is 0 Å². The molecule has 4 nitrogen and oxygen atoms in total. The lowest BCUT2D eigenvalue weighted by atomic mass is 10.1. The van der Waals surface area contributed by atoms with Crippen LogP contribution < -0.4 is 0 Å². The van der Waals surface area contributed by atoms with E-state index in [9.17, 15) is 4.79 Å². The fourth-order valence-corrected chi connectivity index (χ4v) is 2.13. The number of allylic oxidation sites excluding steroid dienone is 2. The summed E-state index contributed by atoms with van der Waals surface area (Å²) in [4.78, 5) is 16.7. The van der Waals surface area contributed by atoms with Crippen molar-refractivity contribution in [3.05, 3.63) is 11.6 Å². The molecule has 0 bridgehead atoms. The number of oxime groups is 1. The number of ether oxygens (including phenoxy) is 1. The van der Waals surface area contributed by atoms with E-state index in [1.54, 1.807) is 6.21 Å². The van der Waals surface area contributed by atoms with Crippen LogP contribution in [0.3, 0.4) is 0 Å². The first kappa shape index (κ1) is 14.7. The van der Waals surface area contributed by atoms with Crippen LogP contribution in [-0.2, 0) is 14.4 Å². The minimum atomic E-state index is -0.135. The van der Waals surface area contributed by atoms with Gasteiger partial charge >= 0.3 is 5.97 Å². The highest BCUT2D eigenvalue weighted by Crippen LogP contribution is 2.59. The van der Waals surface area contributed by atoms with E-state index in [2.05, 4.69) is 25.1 Å². The van der Waals surface area contributed by atoms with Crippen LogP contribution in [0.15, 0.2) is 16.8 Å². The fraction of sp³-hybridized carbons (Fsp3) is 0.714. The van der Waals surface area contributed by atoms with Gasteiger partial charge in [-0.2, -0.15) is 0 Å². The Balaban J connectivity index is 2.62. The lowest BCUT2D eigenvalue weighted by Crippen LogP contribution is -2.07. The summed E-state index contributed by atoms with van der Waals surface area (Å²) in [6.07, 6.45) is 3.83. The molecule has 0 heterocycles. The second-order valence-corrected chi connectivity index (χ2v) is 5.65. The topological polar surface area (TPSA) is 47.9 Å². The van der Waals surface area contributed by atoms with Crippen LogP contribution in [0.5, 0.6) is 0 Å². The van der Waals surface area contributed by atoms with Crippen LogP contribution in [0.1, 0.15) is 34.6 Å². The number of carbonyl (C=O) groups is 1. The van der Waals surface area contributed by atoms with Gasteiger partial charge in [0, 0.05) is 0 Å². The van der Waals surface area contributed by atoms with Gasteiger partial charge in [-0.3, -0.25) is 4.79 Å². The maximum Gasteiger partial charge on any atom is 0.309 e. The van der Waals surface area contributed by atoms with Crippen LogP contribution in [0.25, 0.3) is 0 Å². The van der Waals surface area contributed by atoms with E-state index in [0.717, 1.165) is 5.57 Å². The molecule has 2 atom stereocenters. The van der Waals surface area contributed by atoms with Crippen molar-refractivity contribution in [2.24, 2.45) is 22.4 Å². The van der Waals surface area contributed by atoms with Gasteiger partial charge in [0.1, 0.15) is 6.10 Å². The lowest BCUT2D eigenvalue weighted by Gasteiger charge is -2.01. The van der Waals surface area contributed by atoms with E-state index < -0.39 is 0 Å². The summed E-state index contributed by atoms with van der Waals surface area (Å²) in [5.41, 5.74) is 0.973. The van der Waals surface area contributed by atoms with Gasteiger partial charge in [0.2, 0.25) is 0 Å². The van der Waals surface area contributed by atoms with Gasteiger partial charge in [-0.15, -0.1) is 0 Å². The molecule has 0 aromatic rings. The summed E-state index contributed by atoms with van der Waals surface area (Å²) < 4.78 is 4.81. The maximum absolute atomic E-state index is 11.6. The number of methoxy groups -OCH3 is 1. The molecule has 0 saturated heterocycles. The molecule has 18 heavy (non-hydrogen) atoms. The average molecular weight is 253 g/mol. The van der Waals surface area contributed by atoms with Crippen LogP contribution >= 0.6 is 0 Å². The third-order valence-corrected chi connectivity index (χ3v) is 3.34. The highest BCUT2D eigenvalue weighted by atomic mass is 16.6. The van der Waals surface area contributed by atoms with Gasteiger partial charge in [-0.25, -0.2) is 0 Å². The van der Waals surface area contributed by atoms with Crippen molar-refractivity contribution >= 4 is 12.2 Å². The molecule has 102 valence electrons. The zero-order valence-electron chi connectivity index (χ0n) is 12.1. The largest absolute Gasteiger partial charge is 0.469 e. The normalized spacial score (nSPS) is 26.5. The molecule has 0 spiro atoms. The van der Waals surface area contributed by atoms with Gasteiger partial charge in [0.05, 0.1) is 19.2 Å². The number of rotatable bonds is 5. The second-order valence-electron chi connectivity index (χ2n) is 5.65. The smallest absolute Gasteiger partial charge is 0.309 e. The quantitative estimate of drug-likeness (QED) is 0.430. The van der Waals surface area contributed by atoms with Gasteiger partial charge < -0.3 is 9.57 Å². The Labute approximate surface area is 109 Å². The molecule has 0 aromatic carbocycles. The van der Waals surface area contributed by atoms with Crippen LogP contribution in [-0.4, -0.2) is 25.4 Å². The van der Waals surface area contributed by atoms with E-state index in [1.807, 2.05) is 20.8 Å². The summed E-state index contributed by atoms with van der Waals surface area (Å²) in [6, 6.07) is 0. The van der Waals surface area contributed by atoms with Crippen molar-refractivity contribution in [1.82, 2.24) is 0 Å². The van der Waals surface area contributed by atoms with Crippen LogP contribution in [0.2, 0.25) is 0 Å². The Morgan fingerprint density at radius 2 is 2.00 bits per heavy atom. The first-order chi connectivity index (χ1) is 8.30. The predicted molar refractivity (Wildman–Crippen MR) is 71.2 cm³/mol. The number of nitrogens with zero attached hydrogens (tertiary/aromatic N) is 1. The molecule has 1 rings (SSSR count). The minimum absolute atomic E-state index is 0.0267. The summed E-state index contributed by atoms with van der Waals surface area (Å²) >= 11 is 0. The van der Waals surface area contributed by atoms with Crippen molar-refractivity contribution in [2.45, 2.75) is 40.7 Å². The zero-order chi connectivity index (χ0) is 13.9. The van der Waals surface area contributed by atoms with E-state index in [4.69, 9.17) is 9.57 Å². The molecule has 0 aliphatic heterocycles. The standard InChI is InChI=1S/C14H23NO3/c1-9(2)18-15-8-10(3)7-11-12(13(16)17-6)14(11,4)5/h7-9,11-12H,1-6H3/b10-7+,15-8?/t11-,12+/m1/s1. The third kappa shape index (κ3) is 3.34. The number of carbonyl (C=O) groups excluding carboxylic acids is 1. The first-order valence-electron chi connectivity index (χ1n) is 6.26. The van der Waals surface area contributed by atoms with E-state index in [1.165, 1.54) is 7.11 Å². The molecule has 1 aliphatic carbocycles. The third-order valence-electron chi connectivity index (χ3n) is 3.34. The molecular formula is C14H23NO3. The summed E-state index contributed by atoms with van der Waals surface area (Å²) in [5, 5.41) is 3.88. The van der Waals surface area contributed by atoms with Crippen LogP contribution in [0, 0.1) is 17.3 Å². The van der Waals surface area contributed by atoms with E-state index in [-0.39, 0.29) is 29.3 Å². The lowest BCUT2D eigenvalue weighted by molar-refractivity contribution is -0.143. The first-order valence-corrected chi connectivity index (χ1v) is 6.26. The van der Waals surface area contributed by atoms with Crippen molar-refractivity contribution in [2.75, 3.05) is 7.11 Å². The van der Waals surface area contributed by atoms with Gasteiger partial charge in [0.25, 0.3) is 0 Å². The molecule has 0 aromatic heterocycles. The SMILES string of the molecule is COC(=O)[C@@H]1[C@@H](/C=C(\C)C=NOC(C)C)C1(C)C. The van der Waals surface area contributed by atoms with Crippen molar-refractivity contribution in [3.63, 3.8) is 0 Å². The molecule has 0 amide bonds. The summed E-state index contributed by atoms with van der Waals surface area (Å²) in [7, 11) is 1.43. The van der Waals surface area contributed by atoms with E-state index >= 15 is 0 Å². The van der Waals surface area contributed by atoms with Gasteiger partial charge in [0.15, 0.2) is 0 Å². The second kappa shape index (κ2) is 5.55. The predicted octanol–water partition coefficient (Wildman–Crippen LogP) is 2.79. The fourth-order valence-electron chi connectivity index (χ4n) is 2.13. The molecule has 0 unspecified atom stereocenters. The summed E-state index contributed by atoms with van der Waals surface area (Å²) in [5.74, 6) is 0.0386. The number of hydrogen-bond acceptors (Lipinski definition) is 4. The molecule has 1 fully saturated rings. The van der Waals surface area contributed by atoms with Gasteiger partial charge in [-0.05, 0) is 37.7 Å². The number of hydrogen-bond donors (Lipinski definition) is 0. The van der Waals surface area contributed by atoms with Crippen molar-refractivity contribution < 1.29 is 14.4 Å². The highest BCUT2D eigenvalue weighted by Gasteiger charge is 2.61. The Morgan fingerprint density at radius 3 is 2.50 bits per heavy atom. The summed E-state index contributed by atoms with van der Waals surface area (Å²) in [6.45, 7) is 9.95. The number of esters is 1. The van der Waals surface area contributed by atoms with Crippen molar-refractivity contribution in [3.8, 4) is 0 Å². The Hall–Kier alpha value is -1.32. The zero-order valence-corrected chi connectivity index (χ0v) is 12.1. The van der Waals surface area contributed by atoms with Crippen molar-refractivity contribution in [1.29, 1.82) is 0 Å². The highest BCUT2D eigenvalue weighted by molar-refractivity contribution is 5.80. The Bertz CT molecular complexity index is 369. The van der Waals surface area contributed by atoms with Gasteiger partial charge in [-0.1, -0.05) is 25.1 Å². The average Bonchev–Trinajstić information content (AvgIpc) is 2.78. The molecule has 4 heteroatoms. The minimum Gasteiger partial charge on any atom is -0.469 e. The molecule has 0 N–H and O–H groups in total. The Kier molecular flexibility index (Phi) is 4.54. The molecular weight excluding hydrogens is 230 g/mol. The molecule has 1 saturated carbocycles.